The lowest BCUT2D eigenvalue weighted by Gasteiger charge is -2.15. The van der Waals surface area contributed by atoms with E-state index in [1.54, 1.807) is 0 Å². The first kappa shape index (κ1) is 50.1. The van der Waals surface area contributed by atoms with E-state index in [4.69, 9.17) is 9.47 Å². The van der Waals surface area contributed by atoms with Gasteiger partial charge in [0.05, 0.1) is 6.61 Å². The van der Waals surface area contributed by atoms with Gasteiger partial charge in [-0.15, -0.1) is 0 Å². The first-order valence-corrected chi connectivity index (χ1v) is 22.5. The molecular formula is C47H86O5. The van der Waals surface area contributed by atoms with Crippen LogP contribution >= 0.6 is 0 Å². The molecule has 0 rings (SSSR count). The summed E-state index contributed by atoms with van der Waals surface area (Å²) in [5.74, 6) is -0.598. The monoisotopic (exact) mass is 731 g/mol. The largest absolute Gasteiger partial charge is 0.462 e. The molecule has 1 atom stereocenters. The third-order valence-corrected chi connectivity index (χ3v) is 9.94. The highest BCUT2D eigenvalue weighted by atomic mass is 16.6. The molecule has 0 aliphatic carbocycles. The van der Waals surface area contributed by atoms with Crippen molar-refractivity contribution in [2.75, 3.05) is 13.2 Å². The number of allylic oxidation sites excluding steroid dienone is 6. The Morgan fingerprint density at radius 1 is 0.442 bits per heavy atom. The zero-order chi connectivity index (χ0) is 37.8. The quantitative estimate of drug-likeness (QED) is 0.0385. The molecule has 1 unspecified atom stereocenters. The van der Waals surface area contributed by atoms with Gasteiger partial charge in [-0.05, 0) is 51.4 Å². The van der Waals surface area contributed by atoms with Crippen molar-refractivity contribution in [3.8, 4) is 0 Å². The van der Waals surface area contributed by atoms with Crippen LogP contribution < -0.4 is 0 Å². The molecule has 0 spiro atoms. The second-order valence-corrected chi connectivity index (χ2v) is 15.1. The lowest BCUT2D eigenvalue weighted by atomic mass is 10.0. The van der Waals surface area contributed by atoms with Gasteiger partial charge >= 0.3 is 11.9 Å². The van der Waals surface area contributed by atoms with Crippen molar-refractivity contribution in [2.24, 2.45) is 0 Å². The Morgan fingerprint density at radius 3 is 1.15 bits per heavy atom. The molecule has 52 heavy (non-hydrogen) atoms. The number of rotatable bonds is 41. The average Bonchev–Trinajstić information content (AvgIpc) is 3.15. The highest BCUT2D eigenvalue weighted by Gasteiger charge is 2.16. The first-order valence-electron chi connectivity index (χ1n) is 22.5. The van der Waals surface area contributed by atoms with Crippen molar-refractivity contribution in [3.63, 3.8) is 0 Å². The summed E-state index contributed by atoms with van der Waals surface area (Å²) in [6.45, 7) is 4.04. The molecule has 0 bridgehead atoms. The van der Waals surface area contributed by atoms with Gasteiger partial charge in [-0.3, -0.25) is 9.59 Å². The second kappa shape index (κ2) is 43.5. The van der Waals surface area contributed by atoms with Crippen LogP contribution in [0.25, 0.3) is 0 Å². The van der Waals surface area contributed by atoms with Crippen molar-refractivity contribution in [1.29, 1.82) is 0 Å². The molecule has 0 aliphatic heterocycles. The number of esters is 2. The Kier molecular flexibility index (Phi) is 42.0. The summed E-state index contributed by atoms with van der Waals surface area (Å²) in [7, 11) is 0. The minimum Gasteiger partial charge on any atom is -0.462 e. The smallest absolute Gasteiger partial charge is 0.306 e. The fourth-order valence-electron chi connectivity index (χ4n) is 6.50. The van der Waals surface area contributed by atoms with Crippen molar-refractivity contribution >= 4 is 11.9 Å². The molecule has 0 amide bonds. The third kappa shape index (κ3) is 40.9. The van der Waals surface area contributed by atoms with Gasteiger partial charge in [0.2, 0.25) is 0 Å². The molecule has 5 heteroatoms. The van der Waals surface area contributed by atoms with E-state index >= 15 is 0 Å². The van der Waals surface area contributed by atoms with Crippen LogP contribution in [-0.2, 0) is 19.1 Å². The van der Waals surface area contributed by atoms with E-state index in [0.29, 0.717) is 12.8 Å². The third-order valence-electron chi connectivity index (χ3n) is 9.94. The zero-order valence-electron chi connectivity index (χ0n) is 34.6. The number of unbranched alkanes of at least 4 members (excludes halogenated alkanes) is 27. The van der Waals surface area contributed by atoms with Gasteiger partial charge < -0.3 is 14.6 Å². The van der Waals surface area contributed by atoms with Crippen molar-refractivity contribution in [3.05, 3.63) is 36.5 Å². The van der Waals surface area contributed by atoms with Gasteiger partial charge in [-0.2, -0.15) is 0 Å². The average molecular weight is 731 g/mol. The topological polar surface area (TPSA) is 72.8 Å². The molecule has 0 saturated carbocycles. The molecular weight excluding hydrogens is 645 g/mol. The molecule has 5 nitrogen and oxygen atoms in total. The van der Waals surface area contributed by atoms with Crippen LogP contribution in [0.15, 0.2) is 36.5 Å². The number of ether oxygens (including phenoxy) is 2. The van der Waals surface area contributed by atoms with Gasteiger partial charge in [0.1, 0.15) is 6.61 Å². The number of aliphatic hydroxyl groups is 1. The normalized spacial score (nSPS) is 12.4. The molecule has 0 fully saturated rings. The molecule has 1 N–H and O–H groups in total. The number of carbonyl (C=O) groups is 2. The summed E-state index contributed by atoms with van der Waals surface area (Å²) in [6, 6.07) is 0. The SMILES string of the molecule is CCCCCCC/C=C\C/C=C\C/C=C\CCCCCCCCCCCCCCCCCCCCC(=O)OC(CO)COC(=O)CCCCCCC. The minimum absolute atomic E-state index is 0.0636. The lowest BCUT2D eigenvalue weighted by Crippen LogP contribution is -2.28. The van der Waals surface area contributed by atoms with Gasteiger partial charge in [0, 0.05) is 12.8 Å². The maximum absolute atomic E-state index is 12.1. The Hall–Kier alpha value is -1.88. The molecule has 0 saturated heterocycles. The summed E-state index contributed by atoms with van der Waals surface area (Å²) >= 11 is 0. The zero-order valence-corrected chi connectivity index (χ0v) is 34.6. The Morgan fingerprint density at radius 2 is 0.769 bits per heavy atom. The summed E-state index contributed by atoms with van der Waals surface area (Å²) in [6.07, 6.45) is 54.3. The number of aliphatic hydroxyl groups excluding tert-OH is 1. The van der Waals surface area contributed by atoms with Crippen LogP contribution in [-0.4, -0.2) is 36.4 Å². The Labute approximate surface area is 323 Å². The molecule has 0 aromatic heterocycles. The van der Waals surface area contributed by atoms with Crippen molar-refractivity contribution in [2.45, 2.75) is 238 Å². The van der Waals surface area contributed by atoms with E-state index in [2.05, 4.69) is 50.3 Å². The van der Waals surface area contributed by atoms with Crippen LogP contribution in [0.3, 0.4) is 0 Å². The predicted molar refractivity (Wildman–Crippen MR) is 224 cm³/mol. The van der Waals surface area contributed by atoms with E-state index in [1.807, 2.05) is 0 Å². The Balaban J connectivity index is 3.38. The predicted octanol–water partition coefficient (Wildman–Crippen LogP) is 14.4. The molecule has 0 heterocycles. The highest BCUT2D eigenvalue weighted by Crippen LogP contribution is 2.15. The number of hydrogen-bond acceptors (Lipinski definition) is 5. The minimum atomic E-state index is -0.764. The van der Waals surface area contributed by atoms with Gasteiger partial charge in [0.25, 0.3) is 0 Å². The lowest BCUT2D eigenvalue weighted by molar-refractivity contribution is -0.161. The van der Waals surface area contributed by atoms with E-state index in [-0.39, 0.29) is 25.2 Å². The summed E-state index contributed by atoms with van der Waals surface area (Å²) in [5.41, 5.74) is 0. The first-order chi connectivity index (χ1) is 25.6. The van der Waals surface area contributed by atoms with Crippen LogP contribution in [0.1, 0.15) is 232 Å². The number of carbonyl (C=O) groups excluding carboxylic acids is 2. The summed E-state index contributed by atoms with van der Waals surface area (Å²) in [5, 5.41) is 9.48. The highest BCUT2D eigenvalue weighted by molar-refractivity contribution is 5.70. The fraction of sp³-hybridized carbons (Fsp3) is 0.830. The molecule has 304 valence electrons. The standard InChI is InChI=1S/C47H86O5/c1-3-5-7-9-10-11-12-13-14-15-16-17-18-19-20-21-22-23-24-25-26-27-28-29-30-31-32-33-34-35-36-38-40-42-47(50)52-45(43-48)44-51-46(49)41-39-37-8-6-4-2/h12-13,15-16,18-19,45,48H,3-11,14,17,20-44H2,1-2H3/b13-12-,16-15-,19-18-. The summed E-state index contributed by atoms with van der Waals surface area (Å²) in [4.78, 5) is 24.0. The van der Waals surface area contributed by atoms with Crippen molar-refractivity contribution < 1.29 is 24.2 Å². The van der Waals surface area contributed by atoms with Gasteiger partial charge in [-0.1, -0.05) is 204 Å². The van der Waals surface area contributed by atoms with E-state index in [9.17, 15) is 14.7 Å². The molecule has 0 aliphatic rings. The van der Waals surface area contributed by atoms with Gasteiger partial charge in [-0.25, -0.2) is 0 Å². The van der Waals surface area contributed by atoms with Crippen LogP contribution in [0.2, 0.25) is 0 Å². The molecule has 0 aromatic rings. The van der Waals surface area contributed by atoms with Crippen LogP contribution in [0, 0.1) is 0 Å². The fourth-order valence-corrected chi connectivity index (χ4v) is 6.50. The molecule has 0 aromatic carbocycles. The maximum Gasteiger partial charge on any atom is 0.306 e. The summed E-state index contributed by atoms with van der Waals surface area (Å²) < 4.78 is 10.5. The number of hydrogen-bond donors (Lipinski definition) is 1. The van der Waals surface area contributed by atoms with Crippen LogP contribution in [0.4, 0.5) is 0 Å². The van der Waals surface area contributed by atoms with E-state index in [0.717, 1.165) is 51.4 Å². The van der Waals surface area contributed by atoms with Gasteiger partial charge in [0.15, 0.2) is 6.10 Å². The van der Waals surface area contributed by atoms with Crippen LogP contribution in [0.5, 0.6) is 0 Å². The van der Waals surface area contributed by atoms with E-state index < -0.39 is 6.10 Å². The van der Waals surface area contributed by atoms with Crippen molar-refractivity contribution in [1.82, 2.24) is 0 Å². The maximum atomic E-state index is 12.1. The molecule has 0 radical (unpaired) electrons. The van der Waals surface area contributed by atoms with E-state index in [1.165, 1.54) is 154 Å². The Bertz CT molecular complexity index is 832. The second-order valence-electron chi connectivity index (χ2n) is 15.1.